The zero-order valence-corrected chi connectivity index (χ0v) is 8.92. The molecule has 0 spiro atoms. The van der Waals surface area contributed by atoms with E-state index in [0.29, 0.717) is 16.0 Å². The standard InChI is InChI=1S/C12H6FNOS/c13-12-3-8(5-14)1-2-11(12)9-4-10(6-15)16-7-9/h1-4,6-7H. The van der Waals surface area contributed by atoms with Crippen LogP contribution in [-0.4, -0.2) is 6.29 Å². The third-order valence-corrected chi connectivity index (χ3v) is 3.00. The number of benzene rings is 1. The van der Waals surface area contributed by atoms with Gasteiger partial charge in [-0.2, -0.15) is 5.26 Å². The number of hydrogen-bond donors (Lipinski definition) is 0. The molecule has 0 amide bonds. The molecule has 2 aromatic rings. The van der Waals surface area contributed by atoms with Gasteiger partial charge in [-0.3, -0.25) is 4.79 Å². The third-order valence-electron chi connectivity index (χ3n) is 2.15. The van der Waals surface area contributed by atoms with Crippen molar-refractivity contribution in [1.82, 2.24) is 0 Å². The van der Waals surface area contributed by atoms with Gasteiger partial charge < -0.3 is 0 Å². The molecule has 0 aliphatic heterocycles. The normalized spacial score (nSPS) is 9.75. The van der Waals surface area contributed by atoms with Crippen LogP contribution in [0.4, 0.5) is 4.39 Å². The van der Waals surface area contributed by atoms with Crippen molar-refractivity contribution in [3.63, 3.8) is 0 Å². The minimum Gasteiger partial charge on any atom is -0.297 e. The summed E-state index contributed by atoms with van der Waals surface area (Å²) in [5.74, 6) is -0.450. The molecule has 0 aliphatic carbocycles. The van der Waals surface area contributed by atoms with Crippen molar-refractivity contribution < 1.29 is 9.18 Å². The largest absolute Gasteiger partial charge is 0.297 e. The van der Waals surface area contributed by atoms with Crippen LogP contribution in [0.25, 0.3) is 11.1 Å². The number of nitriles is 1. The summed E-state index contributed by atoms with van der Waals surface area (Å²) in [6.45, 7) is 0. The Kier molecular flexibility index (Phi) is 2.80. The van der Waals surface area contributed by atoms with E-state index in [2.05, 4.69) is 0 Å². The number of rotatable bonds is 2. The van der Waals surface area contributed by atoms with Gasteiger partial charge in [0, 0.05) is 5.56 Å². The van der Waals surface area contributed by atoms with Crippen LogP contribution in [0.3, 0.4) is 0 Å². The zero-order chi connectivity index (χ0) is 11.5. The van der Waals surface area contributed by atoms with Crippen LogP contribution >= 0.6 is 11.3 Å². The number of halogens is 1. The highest BCUT2D eigenvalue weighted by Crippen LogP contribution is 2.27. The highest BCUT2D eigenvalue weighted by Gasteiger charge is 2.08. The van der Waals surface area contributed by atoms with E-state index in [1.165, 1.54) is 17.4 Å². The van der Waals surface area contributed by atoms with Gasteiger partial charge in [0.2, 0.25) is 0 Å². The topological polar surface area (TPSA) is 40.9 Å². The lowest BCUT2D eigenvalue weighted by Crippen LogP contribution is -1.84. The smallest absolute Gasteiger partial charge is 0.160 e. The third kappa shape index (κ3) is 1.86. The Hall–Kier alpha value is -1.99. The van der Waals surface area contributed by atoms with Crippen molar-refractivity contribution in [1.29, 1.82) is 5.26 Å². The van der Waals surface area contributed by atoms with Crippen molar-refractivity contribution in [2.75, 3.05) is 0 Å². The molecule has 1 aromatic carbocycles. The molecule has 16 heavy (non-hydrogen) atoms. The second kappa shape index (κ2) is 4.25. The summed E-state index contributed by atoms with van der Waals surface area (Å²) in [6.07, 6.45) is 0.732. The van der Waals surface area contributed by atoms with Crippen LogP contribution in [0.2, 0.25) is 0 Å². The molecule has 0 bridgehead atoms. The van der Waals surface area contributed by atoms with Crippen molar-refractivity contribution >= 4 is 17.6 Å². The molecule has 0 saturated heterocycles. The summed E-state index contributed by atoms with van der Waals surface area (Å²) in [7, 11) is 0. The molecule has 2 nitrogen and oxygen atoms in total. The second-order valence-corrected chi connectivity index (χ2v) is 4.10. The van der Waals surface area contributed by atoms with E-state index in [-0.39, 0.29) is 5.56 Å². The van der Waals surface area contributed by atoms with Crippen LogP contribution in [-0.2, 0) is 0 Å². The van der Waals surface area contributed by atoms with E-state index in [0.717, 1.165) is 6.29 Å². The van der Waals surface area contributed by atoms with Gasteiger partial charge in [-0.1, -0.05) is 6.07 Å². The average molecular weight is 231 g/mol. The van der Waals surface area contributed by atoms with Crippen molar-refractivity contribution in [2.24, 2.45) is 0 Å². The maximum Gasteiger partial charge on any atom is 0.160 e. The van der Waals surface area contributed by atoms with Crippen molar-refractivity contribution in [3.05, 3.63) is 45.9 Å². The van der Waals surface area contributed by atoms with E-state index in [9.17, 15) is 9.18 Å². The first kappa shape index (κ1) is 10.5. The number of carbonyl (C=O) groups excluding carboxylic acids is 1. The van der Waals surface area contributed by atoms with Gasteiger partial charge >= 0.3 is 0 Å². The fourth-order valence-corrected chi connectivity index (χ4v) is 2.08. The van der Waals surface area contributed by atoms with E-state index >= 15 is 0 Å². The summed E-state index contributed by atoms with van der Waals surface area (Å²) < 4.78 is 13.6. The van der Waals surface area contributed by atoms with Crippen LogP contribution in [0.5, 0.6) is 0 Å². The number of nitrogens with zero attached hydrogens (tertiary/aromatic N) is 1. The number of hydrogen-bond acceptors (Lipinski definition) is 3. The highest BCUT2D eigenvalue weighted by atomic mass is 32.1. The van der Waals surface area contributed by atoms with Crippen LogP contribution < -0.4 is 0 Å². The van der Waals surface area contributed by atoms with Crippen LogP contribution in [0, 0.1) is 17.1 Å². The zero-order valence-electron chi connectivity index (χ0n) is 8.11. The molecule has 2 rings (SSSR count). The first-order valence-corrected chi connectivity index (χ1v) is 5.36. The summed E-state index contributed by atoms with van der Waals surface area (Å²) in [5, 5.41) is 10.3. The molecule has 78 valence electrons. The molecule has 0 saturated carbocycles. The number of thiophene rings is 1. The molecule has 1 aromatic heterocycles. The Morgan fingerprint density at radius 3 is 2.75 bits per heavy atom. The summed E-state index contributed by atoms with van der Waals surface area (Å²) in [5.41, 5.74) is 1.35. The summed E-state index contributed by atoms with van der Waals surface area (Å²) in [6, 6.07) is 7.78. The Balaban J connectivity index is 2.48. The average Bonchev–Trinajstić information content (AvgIpc) is 2.77. The van der Waals surface area contributed by atoms with Crippen LogP contribution in [0.1, 0.15) is 15.2 Å². The molecule has 0 atom stereocenters. The molecule has 0 N–H and O–H groups in total. The van der Waals surface area contributed by atoms with Gasteiger partial charge in [-0.05, 0) is 29.1 Å². The van der Waals surface area contributed by atoms with Gasteiger partial charge in [0.15, 0.2) is 6.29 Å². The quantitative estimate of drug-likeness (QED) is 0.744. The minimum absolute atomic E-state index is 0.284. The molecule has 1 heterocycles. The molecule has 0 radical (unpaired) electrons. The predicted molar refractivity (Wildman–Crippen MR) is 59.8 cm³/mol. The van der Waals surface area contributed by atoms with Gasteiger partial charge in [-0.15, -0.1) is 11.3 Å². The second-order valence-electron chi connectivity index (χ2n) is 3.16. The molecular formula is C12H6FNOS. The Bertz CT molecular complexity index is 583. The Morgan fingerprint density at radius 2 is 2.19 bits per heavy atom. The Morgan fingerprint density at radius 1 is 1.38 bits per heavy atom. The molecule has 0 unspecified atom stereocenters. The van der Waals surface area contributed by atoms with Gasteiger partial charge in [0.25, 0.3) is 0 Å². The first-order valence-electron chi connectivity index (χ1n) is 4.48. The fraction of sp³-hybridized carbons (Fsp3) is 0. The highest BCUT2D eigenvalue weighted by molar-refractivity contribution is 7.12. The molecule has 0 aliphatic rings. The number of carbonyl (C=O) groups is 1. The maximum atomic E-state index is 13.6. The lowest BCUT2D eigenvalue weighted by atomic mass is 10.1. The van der Waals surface area contributed by atoms with Gasteiger partial charge in [0.1, 0.15) is 5.82 Å². The van der Waals surface area contributed by atoms with E-state index in [1.807, 2.05) is 6.07 Å². The molecular weight excluding hydrogens is 225 g/mol. The van der Waals surface area contributed by atoms with Crippen molar-refractivity contribution in [2.45, 2.75) is 0 Å². The monoisotopic (exact) mass is 231 g/mol. The Labute approximate surface area is 95.6 Å². The first-order chi connectivity index (χ1) is 7.74. The van der Waals surface area contributed by atoms with Gasteiger partial charge in [0.05, 0.1) is 16.5 Å². The fourth-order valence-electron chi connectivity index (χ4n) is 1.37. The lowest BCUT2D eigenvalue weighted by Gasteiger charge is -1.99. The summed E-state index contributed by atoms with van der Waals surface area (Å²) in [4.78, 5) is 11.1. The minimum atomic E-state index is -0.450. The van der Waals surface area contributed by atoms with E-state index in [4.69, 9.17) is 5.26 Å². The van der Waals surface area contributed by atoms with Gasteiger partial charge in [-0.25, -0.2) is 4.39 Å². The lowest BCUT2D eigenvalue weighted by molar-refractivity contribution is 0.112. The SMILES string of the molecule is N#Cc1ccc(-c2csc(C=O)c2)c(F)c1. The predicted octanol–water partition coefficient (Wildman–Crippen LogP) is 3.24. The number of aldehydes is 1. The van der Waals surface area contributed by atoms with E-state index < -0.39 is 5.82 Å². The molecule has 0 fully saturated rings. The summed E-state index contributed by atoms with van der Waals surface area (Å²) >= 11 is 1.26. The van der Waals surface area contributed by atoms with Crippen LogP contribution in [0.15, 0.2) is 29.6 Å². The maximum absolute atomic E-state index is 13.6. The molecule has 4 heteroatoms. The van der Waals surface area contributed by atoms with E-state index in [1.54, 1.807) is 23.6 Å². The van der Waals surface area contributed by atoms with Crippen molar-refractivity contribution in [3.8, 4) is 17.2 Å².